The lowest BCUT2D eigenvalue weighted by molar-refractivity contribution is -0.124. The minimum atomic E-state index is -0.238. The van der Waals surface area contributed by atoms with Crippen LogP contribution in [0.2, 0.25) is 0 Å². The first kappa shape index (κ1) is 20.1. The van der Waals surface area contributed by atoms with Crippen molar-refractivity contribution in [3.63, 3.8) is 0 Å². The second-order valence-corrected chi connectivity index (χ2v) is 7.94. The van der Waals surface area contributed by atoms with Gasteiger partial charge in [0.15, 0.2) is 0 Å². The molecule has 0 unspecified atom stereocenters. The molecular weight excluding hydrogens is 345 g/mol. The van der Waals surface area contributed by atoms with Gasteiger partial charge < -0.3 is 10.1 Å². The van der Waals surface area contributed by atoms with Gasteiger partial charge in [-0.05, 0) is 37.0 Å². The molecule has 1 amide bonds. The molecule has 0 radical (unpaired) electrons. The molecule has 150 valence electrons. The van der Waals surface area contributed by atoms with Crippen LogP contribution in [0.15, 0.2) is 18.2 Å². The first-order valence-electron chi connectivity index (χ1n) is 10.1. The van der Waals surface area contributed by atoms with Crippen molar-refractivity contribution in [2.24, 2.45) is 5.92 Å². The van der Waals surface area contributed by atoms with Gasteiger partial charge in [-0.3, -0.25) is 14.6 Å². The third-order valence-electron chi connectivity index (χ3n) is 5.93. The molecule has 1 saturated carbocycles. The van der Waals surface area contributed by atoms with E-state index in [0.29, 0.717) is 25.0 Å². The lowest BCUT2D eigenvalue weighted by Crippen LogP contribution is -2.51. The van der Waals surface area contributed by atoms with Gasteiger partial charge in [-0.25, -0.2) is 4.39 Å². The van der Waals surface area contributed by atoms with E-state index < -0.39 is 0 Å². The molecular formula is C21H32FN3O2. The number of carbonyl (C=O) groups excluding carboxylic acids is 1. The summed E-state index contributed by atoms with van der Waals surface area (Å²) in [6.45, 7) is 6.82. The Bertz CT molecular complexity index is 632. The summed E-state index contributed by atoms with van der Waals surface area (Å²) in [6, 6.07) is 4.99. The molecule has 0 aromatic heterocycles. The number of benzene rings is 1. The number of carbonyl (C=O) groups is 1. The van der Waals surface area contributed by atoms with E-state index in [2.05, 4.69) is 22.0 Å². The van der Waals surface area contributed by atoms with E-state index in [-0.39, 0.29) is 11.7 Å². The van der Waals surface area contributed by atoms with Crippen molar-refractivity contribution in [1.29, 1.82) is 0 Å². The Balaban J connectivity index is 1.43. The molecule has 2 atom stereocenters. The zero-order chi connectivity index (χ0) is 19.2. The Morgan fingerprint density at radius 1 is 1.19 bits per heavy atom. The number of halogens is 1. The van der Waals surface area contributed by atoms with Crippen LogP contribution in [0.1, 0.15) is 38.2 Å². The second kappa shape index (κ2) is 9.51. The van der Waals surface area contributed by atoms with Crippen molar-refractivity contribution in [3.05, 3.63) is 29.6 Å². The number of nitrogens with one attached hydrogen (secondary N) is 1. The van der Waals surface area contributed by atoms with Gasteiger partial charge in [-0.15, -0.1) is 0 Å². The Labute approximate surface area is 161 Å². The standard InChI is InChI=1S/C21H32FN3O2/c1-16-5-3-4-6-19(16)23-21(26)15-25-11-9-24(10-12-25)14-17-13-18(22)7-8-20(17)27-2/h7-8,13,16,19H,3-6,9-12,14-15H2,1-2H3,(H,23,26)/t16-,19-/m0/s1. The van der Waals surface area contributed by atoms with E-state index in [9.17, 15) is 9.18 Å². The highest BCUT2D eigenvalue weighted by Crippen LogP contribution is 2.24. The highest BCUT2D eigenvalue weighted by Gasteiger charge is 2.25. The van der Waals surface area contributed by atoms with Crippen molar-refractivity contribution in [2.45, 2.75) is 45.2 Å². The highest BCUT2D eigenvalue weighted by atomic mass is 19.1. The number of methoxy groups -OCH3 is 1. The fraction of sp³-hybridized carbons (Fsp3) is 0.667. The van der Waals surface area contributed by atoms with Crippen LogP contribution in [0.25, 0.3) is 0 Å². The van der Waals surface area contributed by atoms with Gasteiger partial charge in [0, 0.05) is 44.3 Å². The fourth-order valence-corrected chi connectivity index (χ4v) is 4.20. The molecule has 1 heterocycles. The van der Waals surface area contributed by atoms with Crippen LogP contribution >= 0.6 is 0 Å². The SMILES string of the molecule is COc1ccc(F)cc1CN1CCN(CC(=O)N[C@H]2CCCC[C@@H]2C)CC1. The molecule has 6 heteroatoms. The van der Waals surface area contributed by atoms with Gasteiger partial charge in [0.05, 0.1) is 13.7 Å². The van der Waals surface area contributed by atoms with Gasteiger partial charge in [-0.2, -0.15) is 0 Å². The van der Waals surface area contributed by atoms with Crippen molar-refractivity contribution in [2.75, 3.05) is 39.8 Å². The second-order valence-electron chi connectivity index (χ2n) is 7.94. The predicted octanol–water partition coefficient (Wildman–Crippen LogP) is 2.65. The van der Waals surface area contributed by atoms with Crippen LogP contribution in [0.4, 0.5) is 4.39 Å². The Morgan fingerprint density at radius 2 is 1.89 bits per heavy atom. The lowest BCUT2D eigenvalue weighted by atomic mass is 9.86. The van der Waals surface area contributed by atoms with Crippen LogP contribution in [-0.2, 0) is 11.3 Å². The molecule has 1 aliphatic heterocycles. The van der Waals surface area contributed by atoms with Gasteiger partial charge in [0.1, 0.15) is 11.6 Å². The Morgan fingerprint density at radius 3 is 2.59 bits per heavy atom. The largest absolute Gasteiger partial charge is 0.496 e. The maximum atomic E-state index is 13.5. The lowest BCUT2D eigenvalue weighted by Gasteiger charge is -2.35. The van der Waals surface area contributed by atoms with Crippen LogP contribution in [0.3, 0.4) is 0 Å². The number of rotatable bonds is 6. The van der Waals surface area contributed by atoms with Gasteiger partial charge in [0.2, 0.25) is 5.91 Å². The van der Waals surface area contributed by atoms with E-state index in [1.807, 2.05) is 0 Å². The molecule has 2 aliphatic rings. The highest BCUT2D eigenvalue weighted by molar-refractivity contribution is 5.78. The minimum absolute atomic E-state index is 0.147. The first-order chi connectivity index (χ1) is 13.0. The van der Waals surface area contributed by atoms with Crippen LogP contribution < -0.4 is 10.1 Å². The number of amides is 1. The molecule has 1 aromatic carbocycles. The topological polar surface area (TPSA) is 44.8 Å². The number of hydrogen-bond acceptors (Lipinski definition) is 4. The Hall–Kier alpha value is -1.66. The molecule has 1 aromatic rings. The number of piperazine rings is 1. The zero-order valence-corrected chi connectivity index (χ0v) is 16.5. The van der Waals surface area contributed by atoms with Crippen molar-refractivity contribution >= 4 is 5.91 Å². The van der Waals surface area contributed by atoms with Crippen molar-refractivity contribution in [3.8, 4) is 5.75 Å². The maximum Gasteiger partial charge on any atom is 0.234 e. The molecule has 1 saturated heterocycles. The van der Waals surface area contributed by atoms with Crippen LogP contribution in [-0.4, -0.2) is 61.6 Å². The van der Waals surface area contributed by atoms with E-state index in [4.69, 9.17) is 4.74 Å². The smallest absolute Gasteiger partial charge is 0.234 e. The third kappa shape index (κ3) is 5.66. The number of nitrogens with zero attached hydrogens (tertiary/aromatic N) is 2. The fourth-order valence-electron chi connectivity index (χ4n) is 4.20. The van der Waals surface area contributed by atoms with Gasteiger partial charge in [0.25, 0.3) is 0 Å². The minimum Gasteiger partial charge on any atom is -0.496 e. The zero-order valence-electron chi connectivity index (χ0n) is 16.5. The summed E-state index contributed by atoms with van der Waals surface area (Å²) in [5, 5.41) is 3.24. The molecule has 0 spiro atoms. The summed E-state index contributed by atoms with van der Waals surface area (Å²) in [4.78, 5) is 16.9. The molecule has 5 nitrogen and oxygen atoms in total. The number of ether oxygens (including phenoxy) is 1. The molecule has 27 heavy (non-hydrogen) atoms. The summed E-state index contributed by atoms with van der Waals surface area (Å²) < 4.78 is 18.9. The number of hydrogen-bond donors (Lipinski definition) is 1. The first-order valence-corrected chi connectivity index (χ1v) is 10.1. The van der Waals surface area contributed by atoms with E-state index in [0.717, 1.165) is 43.9 Å². The summed E-state index contributed by atoms with van der Waals surface area (Å²) in [5.41, 5.74) is 0.870. The quantitative estimate of drug-likeness (QED) is 0.828. The van der Waals surface area contributed by atoms with Crippen LogP contribution in [0.5, 0.6) is 5.75 Å². The van der Waals surface area contributed by atoms with Gasteiger partial charge >= 0.3 is 0 Å². The van der Waals surface area contributed by atoms with Gasteiger partial charge in [-0.1, -0.05) is 19.8 Å². The maximum absolute atomic E-state index is 13.5. The predicted molar refractivity (Wildman–Crippen MR) is 104 cm³/mol. The summed E-state index contributed by atoms with van der Waals surface area (Å²) in [5.74, 6) is 1.22. The third-order valence-corrected chi connectivity index (χ3v) is 5.93. The average molecular weight is 378 g/mol. The summed E-state index contributed by atoms with van der Waals surface area (Å²) >= 11 is 0. The van der Waals surface area contributed by atoms with Crippen molar-refractivity contribution in [1.82, 2.24) is 15.1 Å². The van der Waals surface area contributed by atoms with E-state index >= 15 is 0 Å². The summed E-state index contributed by atoms with van der Waals surface area (Å²) in [6.07, 6.45) is 4.83. The molecule has 1 N–H and O–H groups in total. The summed E-state index contributed by atoms with van der Waals surface area (Å²) in [7, 11) is 1.61. The molecule has 1 aliphatic carbocycles. The van der Waals surface area contributed by atoms with Crippen molar-refractivity contribution < 1.29 is 13.9 Å². The monoisotopic (exact) mass is 377 g/mol. The molecule has 3 rings (SSSR count). The van der Waals surface area contributed by atoms with E-state index in [1.54, 1.807) is 19.2 Å². The Kier molecular flexibility index (Phi) is 7.07. The normalized spacial score (nSPS) is 24.6. The van der Waals surface area contributed by atoms with Crippen LogP contribution in [0, 0.1) is 11.7 Å². The average Bonchev–Trinajstić information content (AvgIpc) is 2.65. The molecule has 2 fully saturated rings. The molecule has 0 bridgehead atoms. The van der Waals surface area contributed by atoms with E-state index in [1.165, 1.54) is 25.3 Å².